The summed E-state index contributed by atoms with van der Waals surface area (Å²) < 4.78 is 4.97. The average molecular weight is 226 g/mol. The molecule has 1 rings (SSSR count). The number of hydrogen-bond acceptors (Lipinski definition) is 6. The van der Waals surface area contributed by atoms with E-state index in [0.717, 1.165) is 12.8 Å². The van der Waals surface area contributed by atoms with Crippen LogP contribution in [0.15, 0.2) is 6.33 Å². The fourth-order valence-electron chi connectivity index (χ4n) is 1.29. The summed E-state index contributed by atoms with van der Waals surface area (Å²) >= 11 is 0. The quantitative estimate of drug-likeness (QED) is 0.616. The predicted octanol–water partition coefficient (Wildman–Crippen LogP) is 0.640. The van der Waals surface area contributed by atoms with Crippen LogP contribution in [0.25, 0.3) is 0 Å². The highest BCUT2D eigenvalue weighted by Crippen LogP contribution is 2.23. The minimum absolute atomic E-state index is 0.279. The maximum atomic E-state index is 9.09. The molecule has 0 spiro atoms. The second-order valence-corrected chi connectivity index (χ2v) is 3.56. The first kappa shape index (κ1) is 12.5. The summed E-state index contributed by atoms with van der Waals surface area (Å²) in [7, 11) is 1.51. The Morgan fingerprint density at radius 2 is 2.31 bits per heavy atom. The van der Waals surface area contributed by atoms with Crippen LogP contribution >= 0.6 is 0 Å². The maximum absolute atomic E-state index is 9.09. The molecule has 0 saturated carbocycles. The molecule has 16 heavy (non-hydrogen) atoms. The third kappa shape index (κ3) is 3.54. The van der Waals surface area contributed by atoms with Crippen molar-refractivity contribution in [2.75, 3.05) is 24.7 Å². The third-order valence-electron chi connectivity index (χ3n) is 2.13. The molecular weight excluding hydrogens is 208 g/mol. The first-order valence-electron chi connectivity index (χ1n) is 5.21. The van der Waals surface area contributed by atoms with Crippen molar-refractivity contribution in [2.24, 2.45) is 0 Å². The lowest BCUT2D eigenvalue weighted by atomic mass is 10.2. The van der Waals surface area contributed by atoms with E-state index in [9.17, 15) is 0 Å². The van der Waals surface area contributed by atoms with Crippen LogP contribution in [0.2, 0.25) is 0 Å². The Bertz CT molecular complexity index is 331. The summed E-state index contributed by atoms with van der Waals surface area (Å²) in [5.41, 5.74) is 6.18. The topological polar surface area (TPSA) is 93.3 Å². The molecule has 1 atom stereocenters. The van der Waals surface area contributed by atoms with E-state index >= 15 is 0 Å². The summed E-state index contributed by atoms with van der Waals surface area (Å²) in [6.07, 6.45) is 2.71. The van der Waals surface area contributed by atoms with E-state index in [0.29, 0.717) is 23.9 Å². The van der Waals surface area contributed by atoms with E-state index in [1.54, 1.807) is 6.92 Å². The van der Waals surface area contributed by atoms with Crippen molar-refractivity contribution in [3.63, 3.8) is 0 Å². The Hall–Kier alpha value is -1.56. The Balaban J connectivity index is 2.47. The van der Waals surface area contributed by atoms with E-state index in [4.69, 9.17) is 15.6 Å². The molecule has 1 aromatic heterocycles. The van der Waals surface area contributed by atoms with Gasteiger partial charge in [0, 0.05) is 6.54 Å². The summed E-state index contributed by atoms with van der Waals surface area (Å²) in [5, 5.41) is 12.2. The number of methoxy groups -OCH3 is 1. The molecule has 0 aliphatic heterocycles. The predicted molar refractivity (Wildman–Crippen MR) is 62.4 cm³/mol. The fourth-order valence-corrected chi connectivity index (χ4v) is 1.29. The van der Waals surface area contributed by atoms with Gasteiger partial charge in [-0.2, -0.15) is 4.98 Å². The van der Waals surface area contributed by atoms with Gasteiger partial charge in [-0.3, -0.25) is 0 Å². The highest BCUT2D eigenvalue weighted by molar-refractivity contribution is 5.66. The van der Waals surface area contributed by atoms with Gasteiger partial charge in [-0.1, -0.05) is 0 Å². The Kier molecular flexibility index (Phi) is 4.78. The molecule has 0 amide bonds. The molecular formula is C10H18N4O2. The Morgan fingerprint density at radius 3 is 2.94 bits per heavy atom. The van der Waals surface area contributed by atoms with Gasteiger partial charge in [0.1, 0.15) is 12.0 Å². The molecule has 6 nitrogen and oxygen atoms in total. The van der Waals surface area contributed by atoms with E-state index < -0.39 is 0 Å². The zero-order valence-corrected chi connectivity index (χ0v) is 9.60. The van der Waals surface area contributed by atoms with Crippen LogP contribution < -0.4 is 15.8 Å². The molecule has 1 unspecified atom stereocenters. The van der Waals surface area contributed by atoms with Crippen molar-refractivity contribution in [1.29, 1.82) is 0 Å². The molecule has 1 aromatic rings. The van der Waals surface area contributed by atoms with E-state index in [-0.39, 0.29) is 6.10 Å². The summed E-state index contributed by atoms with van der Waals surface area (Å²) in [6.45, 7) is 2.47. The van der Waals surface area contributed by atoms with E-state index in [1.807, 2.05) is 0 Å². The largest absolute Gasteiger partial charge is 0.479 e. The van der Waals surface area contributed by atoms with Crippen LogP contribution in [-0.2, 0) is 0 Å². The number of anilines is 2. The first-order chi connectivity index (χ1) is 7.65. The van der Waals surface area contributed by atoms with Crippen molar-refractivity contribution in [3.05, 3.63) is 6.33 Å². The lowest BCUT2D eigenvalue weighted by Crippen LogP contribution is -2.10. The van der Waals surface area contributed by atoms with E-state index in [1.165, 1.54) is 13.4 Å². The Morgan fingerprint density at radius 1 is 1.56 bits per heavy atom. The minimum Gasteiger partial charge on any atom is -0.479 e. The molecule has 0 bridgehead atoms. The van der Waals surface area contributed by atoms with Crippen LogP contribution in [0.4, 0.5) is 11.5 Å². The van der Waals surface area contributed by atoms with Gasteiger partial charge in [0.15, 0.2) is 5.82 Å². The number of aromatic nitrogens is 2. The normalized spacial score (nSPS) is 12.2. The zero-order valence-electron chi connectivity index (χ0n) is 9.60. The summed E-state index contributed by atoms with van der Waals surface area (Å²) in [4.78, 5) is 7.89. The first-order valence-corrected chi connectivity index (χ1v) is 5.21. The highest BCUT2D eigenvalue weighted by atomic mass is 16.5. The van der Waals surface area contributed by atoms with Crippen LogP contribution in [-0.4, -0.2) is 34.8 Å². The smallest absolute Gasteiger partial charge is 0.242 e. The molecule has 0 saturated heterocycles. The number of rotatable bonds is 6. The summed E-state index contributed by atoms with van der Waals surface area (Å²) in [6, 6.07) is 0. The van der Waals surface area contributed by atoms with Gasteiger partial charge < -0.3 is 20.9 Å². The number of ether oxygens (including phenoxy) is 1. The van der Waals surface area contributed by atoms with Crippen molar-refractivity contribution >= 4 is 11.5 Å². The Labute approximate surface area is 94.9 Å². The molecule has 0 fully saturated rings. The maximum Gasteiger partial charge on any atom is 0.242 e. The lowest BCUT2D eigenvalue weighted by Gasteiger charge is -2.10. The molecule has 0 aliphatic rings. The van der Waals surface area contributed by atoms with Gasteiger partial charge in [0.25, 0.3) is 0 Å². The fraction of sp³-hybridized carbons (Fsp3) is 0.600. The molecule has 0 aliphatic carbocycles. The molecule has 90 valence electrons. The monoisotopic (exact) mass is 226 g/mol. The van der Waals surface area contributed by atoms with Crippen molar-refractivity contribution in [1.82, 2.24) is 9.97 Å². The van der Waals surface area contributed by atoms with Crippen LogP contribution in [0.3, 0.4) is 0 Å². The van der Waals surface area contributed by atoms with Crippen molar-refractivity contribution in [3.8, 4) is 5.88 Å². The van der Waals surface area contributed by atoms with Crippen molar-refractivity contribution < 1.29 is 9.84 Å². The molecule has 6 heteroatoms. The minimum atomic E-state index is -0.279. The van der Waals surface area contributed by atoms with Gasteiger partial charge in [0.2, 0.25) is 5.88 Å². The number of nitrogens with one attached hydrogen (secondary N) is 1. The number of nitrogen functional groups attached to an aromatic ring is 1. The number of aliphatic hydroxyl groups is 1. The summed E-state index contributed by atoms with van der Waals surface area (Å²) in [5.74, 6) is 0.936. The number of nitrogens with two attached hydrogens (primary N) is 1. The SMILES string of the molecule is COc1ncnc(NCCCC(C)O)c1N. The van der Waals surface area contributed by atoms with Gasteiger partial charge in [-0.05, 0) is 19.8 Å². The number of hydrogen-bond donors (Lipinski definition) is 3. The average Bonchev–Trinajstić information content (AvgIpc) is 2.26. The van der Waals surface area contributed by atoms with Crippen LogP contribution in [0.1, 0.15) is 19.8 Å². The molecule has 4 N–H and O–H groups in total. The number of nitrogens with zero attached hydrogens (tertiary/aromatic N) is 2. The van der Waals surface area contributed by atoms with Gasteiger partial charge in [0.05, 0.1) is 13.2 Å². The van der Waals surface area contributed by atoms with Crippen LogP contribution in [0, 0.1) is 0 Å². The standard InChI is InChI=1S/C10H18N4O2/c1-7(15)4-3-5-12-9-8(11)10(16-2)14-6-13-9/h6-7,15H,3-5,11H2,1-2H3,(H,12,13,14). The number of aliphatic hydroxyl groups excluding tert-OH is 1. The molecule has 0 radical (unpaired) electrons. The third-order valence-corrected chi connectivity index (χ3v) is 2.13. The van der Waals surface area contributed by atoms with Gasteiger partial charge >= 0.3 is 0 Å². The second-order valence-electron chi connectivity index (χ2n) is 3.56. The zero-order chi connectivity index (χ0) is 12.0. The second kappa shape index (κ2) is 6.12. The molecule has 1 heterocycles. The van der Waals surface area contributed by atoms with Gasteiger partial charge in [-0.25, -0.2) is 4.98 Å². The van der Waals surface area contributed by atoms with E-state index in [2.05, 4.69) is 15.3 Å². The van der Waals surface area contributed by atoms with Crippen LogP contribution in [0.5, 0.6) is 5.88 Å². The van der Waals surface area contributed by atoms with Gasteiger partial charge in [-0.15, -0.1) is 0 Å². The van der Waals surface area contributed by atoms with Crippen molar-refractivity contribution in [2.45, 2.75) is 25.9 Å². The lowest BCUT2D eigenvalue weighted by molar-refractivity contribution is 0.183. The molecule has 0 aromatic carbocycles. The highest BCUT2D eigenvalue weighted by Gasteiger charge is 2.07.